The standard InChI is InChI=1S/C26H22F3N5O5/c1-37-17-13-31-23(38-2)20-19(17)16(12-30-20)21(35)24(36)34-10-8-15(9-11-34)18(14-6-4-3-5-7-14)22-32-33-25(39-22)26(27,28)29/h3-7,12-13,30H,8-11H2,1-2H3. The molecule has 0 atom stereocenters. The molecule has 0 bridgehead atoms. The fraction of sp³-hybridized carbons (Fsp3) is 0.269. The number of pyridine rings is 1. The number of Topliss-reactive ketones (excluding diaryl/α,β-unsaturated/α-hetero) is 1. The number of hydrogen-bond acceptors (Lipinski definition) is 8. The first-order valence-corrected chi connectivity index (χ1v) is 11.8. The number of likely N-dealkylation sites (tertiary alicyclic amines) is 1. The minimum absolute atomic E-state index is 0.115. The number of H-pyrrole nitrogens is 1. The van der Waals surface area contributed by atoms with Crippen LogP contribution in [-0.2, 0) is 11.0 Å². The maximum atomic E-state index is 13.3. The van der Waals surface area contributed by atoms with E-state index >= 15 is 0 Å². The Labute approximate surface area is 219 Å². The molecule has 4 heterocycles. The summed E-state index contributed by atoms with van der Waals surface area (Å²) in [6, 6.07) is 8.73. The van der Waals surface area contributed by atoms with Gasteiger partial charge < -0.3 is 23.8 Å². The van der Waals surface area contributed by atoms with E-state index in [1.807, 2.05) is 0 Å². The van der Waals surface area contributed by atoms with Crippen molar-refractivity contribution in [3.05, 3.63) is 71.2 Å². The van der Waals surface area contributed by atoms with Crippen molar-refractivity contribution in [3.8, 4) is 11.6 Å². The molecule has 4 aromatic rings. The van der Waals surface area contributed by atoms with Gasteiger partial charge in [0.2, 0.25) is 11.8 Å². The van der Waals surface area contributed by atoms with E-state index in [1.165, 1.54) is 31.5 Å². The van der Waals surface area contributed by atoms with Gasteiger partial charge in [-0.05, 0) is 18.4 Å². The minimum Gasteiger partial charge on any atom is -0.494 e. The van der Waals surface area contributed by atoms with E-state index in [9.17, 15) is 22.8 Å². The Bertz CT molecular complexity index is 1570. The highest BCUT2D eigenvalue weighted by Crippen LogP contribution is 2.36. The van der Waals surface area contributed by atoms with Crippen LogP contribution in [0.15, 0.2) is 52.7 Å². The van der Waals surface area contributed by atoms with Crippen molar-refractivity contribution in [2.45, 2.75) is 19.0 Å². The number of nitrogens with zero attached hydrogens (tertiary/aromatic N) is 4. The Balaban J connectivity index is 1.42. The average Bonchev–Trinajstić information content (AvgIpc) is 3.61. The van der Waals surface area contributed by atoms with Crippen LogP contribution in [0.1, 0.15) is 40.5 Å². The second kappa shape index (κ2) is 10.2. The number of methoxy groups -OCH3 is 2. The molecule has 1 fully saturated rings. The number of aromatic nitrogens is 4. The zero-order valence-electron chi connectivity index (χ0n) is 20.8. The van der Waals surface area contributed by atoms with Crippen molar-refractivity contribution in [3.63, 3.8) is 0 Å². The fourth-order valence-electron chi connectivity index (χ4n) is 4.59. The molecule has 0 saturated carbocycles. The van der Waals surface area contributed by atoms with Crippen LogP contribution in [0.4, 0.5) is 13.2 Å². The summed E-state index contributed by atoms with van der Waals surface area (Å²) in [4.78, 5) is 34.9. The summed E-state index contributed by atoms with van der Waals surface area (Å²) < 4.78 is 54.9. The van der Waals surface area contributed by atoms with Crippen molar-refractivity contribution in [1.29, 1.82) is 0 Å². The molecule has 1 aliphatic heterocycles. The molecule has 0 aliphatic carbocycles. The summed E-state index contributed by atoms with van der Waals surface area (Å²) in [5.41, 5.74) is 2.26. The zero-order chi connectivity index (χ0) is 27.7. The van der Waals surface area contributed by atoms with Gasteiger partial charge >= 0.3 is 12.1 Å². The summed E-state index contributed by atoms with van der Waals surface area (Å²) in [5.74, 6) is -2.61. The van der Waals surface area contributed by atoms with Crippen molar-refractivity contribution < 1.29 is 36.7 Å². The number of carbonyl (C=O) groups excluding carboxylic acids is 2. The van der Waals surface area contributed by atoms with Crippen LogP contribution in [0.25, 0.3) is 16.5 Å². The number of carbonyl (C=O) groups is 2. The van der Waals surface area contributed by atoms with Gasteiger partial charge in [0.05, 0.1) is 31.4 Å². The van der Waals surface area contributed by atoms with Crippen LogP contribution in [0, 0.1) is 0 Å². The number of alkyl halides is 3. The maximum absolute atomic E-state index is 13.3. The quantitative estimate of drug-likeness (QED) is 0.283. The van der Waals surface area contributed by atoms with Gasteiger partial charge in [0.25, 0.3) is 11.7 Å². The number of amides is 1. The van der Waals surface area contributed by atoms with Gasteiger partial charge in [0, 0.05) is 24.9 Å². The topological polar surface area (TPSA) is 123 Å². The van der Waals surface area contributed by atoms with Gasteiger partial charge in [-0.2, -0.15) is 13.2 Å². The van der Waals surface area contributed by atoms with E-state index in [0.717, 1.165) is 5.57 Å². The molecule has 1 saturated heterocycles. The molecule has 202 valence electrons. The van der Waals surface area contributed by atoms with Crippen LogP contribution in [0.5, 0.6) is 11.6 Å². The van der Waals surface area contributed by atoms with Crippen LogP contribution in [0.3, 0.4) is 0 Å². The molecule has 3 aromatic heterocycles. The largest absolute Gasteiger partial charge is 0.494 e. The summed E-state index contributed by atoms with van der Waals surface area (Å²) in [7, 11) is 2.86. The van der Waals surface area contributed by atoms with Gasteiger partial charge in [-0.15, -0.1) is 10.2 Å². The number of ketones is 1. The van der Waals surface area contributed by atoms with Crippen molar-refractivity contribution in [2.75, 3.05) is 27.3 Å². The van der Waals surface area contributed by atoms with Crippen LogP contribution < -0.4 is 9.47 Å². The van der Waals surface area contributed by atoms with Gasteiger partial charge in [0.15, 0.2) is 0 Å². The number of halogens is 3. The molecule has 1 amide bonds. The SMILES string of the molecule is COc1ncc(OC)c2c(C(=O)C(=O)N3CCC(=C(c4ccccc4)c4nnc(C(F)(F)F)o4)CC3)c[nH]c12. The number of rotatable bonds is 6. The summed E-state index contributed by atoms with van der Waals surface area (Å²) in [6.45, 7) is 0.335. The average molecular weight is 541 g/mol. The number of nitrogens with one attached hydrogen (secondary N) is 1. The molecule has 1 aromatic carbocycles. The van der Waals surface area contributed by atoms with Crippen molar-refractivity contribution in [1.82, 2.24) is 25.1 Å². The second-order valence-electron chi connectivity index (χ2n) is 8.66. The van der Waals surface area contributed by atoms with Gasteiger partial charge in [-0.1, -0.05) is 35.9 Å². The molecule has 5 rings (SSSR count). The third-order valence-electron chi connectivity index (χ3n) is 6.44. The fourth-order valence-corrected chi connectivity index (χ4v) is 4.59. The Hall–Kier alpha value is -4.68. The lowest BCUT2D eigenvalue weighted by atomic mass is 9.92. The lowest BCUT2D eigenvalue weighted by Gasteiger charge is -2.29. The Morgan fingerprint density at radius 1 is 1.05 bits per heavy atom. The van der Waals surface area contributed by atoms with Gasteiger partial charge in [0.1, 0.15) is 11.3 Å². The summed E-state index contributed by atoms with van der Waals surface area (Å²) >= 11 is 0. The molecule has 39 heavy (non-hydrogen) atoms. The number of hydrogen-bond donors (Lipinski definition) is 1. The first-order chi connectivity index (χ1) is 18.7. The highest BCUT2D eigenvalue weighted by molar-refractivity contribution is 6.45. The highest BCUT2D eigenvalue weighted by atomic mass is 19.4. The predicted octanol–water partition coefficient (Wildman–Crippen LogP) is 4.29. The monoisotopic (exact) mass is 541 g/mol. The number of aromatic amines is 1. The van der Waals surface area contributed by atoms with Crippen molar-refractivity contribution >= 4 is 28.2 Å². The van der Waals surface area contributed by atoms with Gasteiger partial charge in [-0.3, -0.25) is 9.59 Å². The molecule has 1 aliphatic rings. The number of fused-ring (bicyclic) bond motifs is 1. The number of benzene rings is 1. The van der Waals surface area contributed by atoms with Crippen molar-refractivity contribution in [2.24, 2.45) is 0 Å². The van der Waals surface area contributed by atoms with E-state index < -0.39 is 23.8 Å². The molecule has 0 radical (unpaired) electrons. The summed E-state index contributed by atoms with van der Waals surface area (Å²) in [5, 5.41) is 7.19. The van der Waals surface area contributed by atoms with E-state index in [4.69, 9.17) is 13.9 Å². The number of piperidine rings is 1. The predicted molar refractivity (Wildman–Crippen MR) is 131 cm³/mol. The third-order valence-corrected chi connectivity index (χ3v) is 6.44. The second-order valence-corrected chi connectivity index (χ2v) is 8.66. The molecule has 1 N–H and O–H groups in total. The minimum atomic E-state index is -4.78. The Kier molecular flexibility index (Phi) is 6.81. The Morgan fingerprint density at radius 2 is 1.77 bits per heavy atom. The smallest absolute Gasteiger partial charge is 0.470 e. The first kappa shape index (κ1) is 25.9. The van der Waals surface area contributed by atoms with Crippen LogP contribution in [-0.4, -0.2) is 64.1 Å². The Morgan fingerprint density at radius 3 is 2.38 bits per heavy atom. The van der Waals surface area contributed by atoms with E-state index in [2.05, 4.69) is 20.2 Å². The normalized spacial score (nSPS) is 14.0. The zero-order valence-corrected chi connectivity index (χ0v) is 20.8. The lowest BCUT2D eigenvalue weighted by Crippen LogP contribution is -2.40. The van der Waals surface area contributed by atoms with Crippen LogP contribution >= 0.6 is 0 Å². The van der Waals surface area contributed by atoms with Gasteiger partial charge in [-0.25, -0.2) is 4.98 Å². The lowest BCUT2D eigenvalue weighted by molar-refractivity contribution is -0.157. The summed E-state index contributed by atoms with van der Waals surface area (Å²) in [6.07, 6.45) is -1.38. The highest BCUT2D eigenvalue weighted by Gasteiger charge is 2.39. The maximum Gasteiger partial charge on any atom is 0.470 e. The molecular formula is C26H22F3N5O5. The molecule has 0 unspecified atom stereocenters. The first-order valence-electron chi connectivity index (χ1n) is 11.8. The third kappa shape index (κ3) is 4.82. The van der Waals surface area contributed by atoms with E-state index in [-0.39, 0.29) is 30.4 Å². The van der Waals surface area contributed by atoms with E-state index in [1.54, 1.807) is 30.3 Å². The molecule has 10 nitrogen and oxygen atoms in total. The molecule has 0 spiro atoms. The van der Waals surface area contributed by atoms with E-state index in [0.29, 0.717) is 40.6 Å². The van der Waals surface area contributed by atoms with Crippen LogP contribution in [0.2, 0.25) is 0 Å². The molecule has 13 heteroatoms. The number of ether oxygens (including phenoxy) is 2. The molecular weight excluding hydrogens is 519 g/mol.